The van der Waals surface area contributed by atoms with Crippen LogP contribution in [0.3, 0.4) is 0 Å². The topological polar surface area (TPSA) is 142 Å². The van der Waals surface area contributed by atoms with Gasteiger partial charge < -0.3 is 14.5 Å². The molecule has 2 heterocycles. The molecule has 1 amide bonds. The van der Waals surface area contributed by atoms with E-state index >= 15 is 0 Å². The molecular formula is C32H21BrClN5O6. The van der Waals surface area contributed by atoms with Gasteiger partial charge in [0.05, 0.1) is 26.5 Å². The summed E-state index contributed by atoms with van der Waals surface area (Å²) in [6, 6.07) is 23.5. The second kappa shape index (κ2) is 12.3. The second-order valence-corrected chi connectivity index (χ2v) is 11.2. The molecule has 6 aromatic rings. The third-order valence-electron chi connectivity index (χ3n) is 6.70. The first-order valence-corrected chi connectivity index (χ1v) is 14.6. The lowest BCUT2D eigenvalue weighted by atomic mass is 10.2. The number of carbonyl (C=O) groups excluding carboxylic acids is 1. The lowest BCUT2D eigenvalue weighted by Crippen LogP contribution is -2.20. The van der Waals surface area contributed by atoms with E-state index in [1.807, 2.05) is 19.1 Å². The van der Waals surface area contributed by atoms with E-state index in [2.05, 4.69) is 31.3 Å². The zero-order valence-electron chi connectivity index (χ0n) is 23.4. The minimum absolute atomic E-state index is 0.121. The Morgan fingerprint density at radius 2 is 1.91 bits per heavy atom. The second-order valence-electron chi connectivity index (χ2n) is 9.92. The number of fused-ring (bicyclic) bond motifs is 2. The first kappa shape index (κ1) is 29.7. The van der Waals surface area contributed by atoms with Crippen LogP contribution in [-0.2, 0) is 4.79 Å². The Balaban J connectivity index is 1.34. The van der Waals surface area contributed by atoms with Crippen molar-refractivity contribution in [3.05, 3.63) is 126 Å². The van der Waals surface area contributed by atoms with Gasteiger partial charge in [0.15, 0.2) is 12.4 Å². The predicted octanol–water partition coefficient (Wildman–Crippen LogP) is 7.34. The van der Waals surface area contributed by atoms with Crippen molar-refractivity contribution in [2.24, 2.45) is 5.10 Å². The highest BCUT2D eigenvalue weighted by molar-refractivity contribution is 9.10. The molecule has 4 aromatic carbocycles. The molecule has 0 aliphatic rings. The highest BCUT2D eigenvalue weighted by atomic mass is 79.9. The third kappa shape index (κ3) is 6.33. The van der Waals surface area contributed by atoms with E-state index in [-0.39, 0.29) is 27.4 Å². The summed E-state index contributed by atoms with van der Waals surface area (Å²) in [6.45, 7) is 1.46. The zero-order chi connectivity index (χ0) is 31.7. The highest BCUT2D eigenvalue weighted by Crippen LogP contribution is 2.36. The number of aryl methyl sites for hydroxylation is 1. The Morgan fingerprint density at radius 3 is 2.69 bits per heavy atom. The number of benzene rings is 4. The number of para-hydroxylation sites is 1. The fourth-order valence-corrected chi connectivity index (χ4v) is 5.33. The van der Waals surface area contributed by atoms with Gasteiger partial charge in [-0.3, -0.25) is 19.7 Å². The molecule has 2 aromatic heterocycles. The lowest BCUT2D eigenvalue weighted by Gasteiger charge is -2.10. The molecule has 0 unspecified atom stereocenters. The van der Waals surface area contributed by atoms with Crippen molar-refractivity contribution in [1.82, 2.24) is 9.66 Å². The number of amides is 1. The average molecular weight is 687 g/mol. The van der Waals surface area contributed by atoms with Gasteiger partial charge in [-0.05, 0) is 77.5 Å². The van der Waals surface area contributed by atoms with Crippen molar-refractivity contribution in [3.63, 3.8) is 0 Å². The van der Waals surface area contributed by atoms with E-state index in [0.717, 1.165) is 10.2 Å². The third-order valence-corrected chi connectivity index (χ3v) is 7.52. The number of nitrogens with one attached hydrogen (secondary N) is 1. The Hall–Kier alpha value is -5.33. The molecular weight excluding hydrogens is 666 g/mol. The van der Waals surface area contributed by atoms with Gasteiger partial charge in [0.25, 0.3) is 11.5 Å². The Bertz CT molecular complexity index is 2210. The van der Waals surface area contributed by atoms with Crippen LogP contribution >= 0.6 is 27.5 Å². The van der Waals surface area contributed by atoms with Crippen LogP contribution in [0.1, 0.15) is 11.1 Å². The number of aromatic nitrogens is 2. The quantitative estimate of drug-likeness (QED) is 0.100. The Labute approximate surface area is 268 Å². The van der Waals surface area contributed by atoms with E-state index in [1.54, 1.807) is 60.7 Å². The van der Waals surface area contributed by atoms with Gasteiger partial charge in [0, 0.05) is 27.7 Å². The van der Waals surface area contributed by atoms with E-state index in [0.29, 0.717) is 32.6 Å². The molecule has 0 aliphatic heterocycles. The summed E-state index contributed by atoms with van der Waals surface area (Å²) in [6.07, 6.45) is 1.28. The van der Waals surface area contributed by atoms with Gasteiger partial charge in [-0.1, -0.05) is 41.4 Å². The molecule has 0 radical (unpaired) electrons. The van der Waals surface area contributed by atoms with Crippen LogP contribution < -0.4 is 15.6 Å². The van der Waals surface area contributed by atoms with E-state index in [1.165, 1.54) is 18.3 Å². The fourth-order valence-electron chi connectivity index (χ4n) is 4.56. The molecule has 0 saturated carbocycles. The van der Waals surface area contributed by atoms with Crippen LogP contribution in [0.2, 0.25) is 5.02 Å². The number of rotatable bonds is 8. The first-order chi connectivity index (χ1) is 21.7. The molecule has 0 aliphatic carbocycles. The maximum absolute atomic E-state index is 13.6. The summed E-state index contributed by atoms with van der Waals surface area (Å²) in [4.78, 5) is 42.0. The van der Waals surface area contributed by atoms with Crippen molar-refractivity contribution in [2.45, 2.75) is 6.92 Å². The Kier molecular flexibility index (Phi) is 8.16. The number of furan rings is 1. The van der Waals surface area contributed by atoms with Crippen molar-refractivity contribution in [1.29, 1.82) is 0 Å². The summed E-state index contributed by atoms with van der Waals surface area (Å²) < 4.78 is 12.8. The van der Waals surface area contributed by atoms with Crippen LogP contribution in [-0.4, -0.2) is 33.3 Å². The summed E-state index contributed by atoms with van der Waals surface area (Å²) >= 11 is 9.45. The molecule has 0 fully saturated rings. The molecule has 13 heteroatoms. The van der Waals surface area contributed by atoms with E-state index in [4.69, 9.17) is 20.8 Å². The number of nitro groups is 1. The lowest BCUT2D eigenvalue weighted by molar-refractivity contribution is -0.385. The van der Waals surface area contributed by atoms with Crippen molar-refractivity contribution in [3.8, 4) is 17.3 Å². The normalized spacial score (nSPS) is 11.4. The molecule has 0 spiro atoms. The summed E-state index contributed by atoms with van der Waals surface area (Å²) in [5.41, 5.74) is 1.96. The van der Waals surface area contributed by atoms with Crippen LogP contribution in [0, 0.1) is 17.0 Å². The SMILES string of the molecule is Cc1ccc(NC(=O)COc2c(Br)cc(C=Nn3c(-c4cc5cc(Cl)ccc5o4)nc4ccccc4c3=O)cc2[N+](=O)[O-])cc1. The minimum Gasteiger partial charge on any atom is -0.476 e. The van der Waals surface area contributed by atoms with Gasteiger partial charge in [0.2, 0.25) is 11.6 Å². The number of nitrogens with zero attached hydrogens (tertiary/aromatic N) is 4. The van der Waals surface area contributed by atoms with Crippen molar-refractivity contribution < 1.29 is 18.9 Å². The maximum Gasteiger partial charge on any atom is 0.312 e. The molecule has 0 atom stereocenters. The molecule has 0 bridgehead atoms. The summed E-state index contributed by atoms with van der Waals surface area (Å²) in [7, 11) is 0. The largest absolute Gasteiger partial charge is 0.476 e. The number of halogens is 2. The van der Waals surface area contributed by atoms with Gasteiger partial charge in [-0.25, -0.2) is 4.98 Å². The number of carbonyl (C=O) groups is 1. The fraction of sp³-hybridized carbons (Fsp3) is 0.0625. The molecule has 0 saturated heterocycles. The van der Waals surface area contributed by atoms with Crippen LogP contribution in [0.5, 0.6) is 5.75 Å². The minimum atomic E-state index is -0.635. The number of ether oxygens (including phenoxy) is 1. The van der Waals surface area contributed by atoms with Gasteiger partial charge >= 0.3 is 5.69 Å². The number of hydrogen-bond donors (Lipinski definition) is 1. The van der Waals surface area contributed by atoms with E-state index in [9.17, 15) is 19.7 Å². The maximum atomic E-state index is 13.6. The van der Waals surface area contributed by atoms with Crippen molar-refractivity contribution >= 4 is 72.9 Å². The summed E-state index contributed by atoms with van der Waals surface area (Å²) in [5, 5.41) is 20.6. The van der Waals surface area contributed by atoms with Crippen LogP contribution in [0.25, 0.3) is 33.5 Å². The predicted molar refractivity (Wildman–Crippen MR) is 175 cm³/mol. The number of anilines is 1. The molecule has 11 nitrogen and oxygen atoms in total. The molecule has 6 rings (SSSR count). The zero-order valence-corrected chi connectivity index (χ0v) is 25.7. The van der Waals surface area contributed by atoms with Gasteiger partial charge in [-0.2, -0.15) is 9.78 Å². The van der Waals surface area contributed by atoms with Gasteiger partial charge in [-0.15, -0.1) is 0 Å². The number of hydrogen-bond acceptors (Lipinski definition) is 8. The first-order valence-electron chi connectivity index (χ1n) is 13.4. The highest BCUT2D eigenvalue weighted by Gasteiger charge is 2.22. The smallest absolute Gasteiger partial charge is 0.312 e. The van der Waals surface area contributed by atoms with Crippen molar-refractivity contribution in [2.75, 3.05) is 11.9 Å². The monoisotopic (exact) mass is 685 g/mol. The Morgan fingerprint density at radius 1 is 1.13 bits per heavy atom. The standard InChI is InChI=1S/C32H21BrClN5O6/c1-18-6-9-22(10-7-18)36-29(40)17-44-30-24(33)12-19(13-26(30)39(42)43)16-35-38-31(37-25-5-3-2-4-23(25)32(38)41)28-15-20-14-21(34)8-11-27(20)45-28/h2-16H,17H2,1H3,(H,36,40). The number of nitro benzene ring substituents is 1. The molecule has 45 heavy (non-hydrogen) atoms. The average Bonchev–Trinajstić information content (AvgIpc) is 3.44. The molecule has 224 valence electrons. The van der Waals surface area contributed by atoms with E-state index < -0.39 is 28.7 Å². The molecule has 1 N–H and O–H groups in total. The van der Waals surface area contributed by atoms with Crippen LogP contribution in [0.4, 0.5) is 11.4 Å². The van der Waals surface area contributed by atoms with Gasteiger partial charge in [0.1, 0.15) is 5.58 Å². The summed E-state index contributed by atoms with van der Waals surface area (Å²) in [5.74, 6) is -0.237. The van der Waals surface area contributed by atoms with Crippen LogP contribution in [0.15, 0.2) is 104 Å².